The van der Waals surface area contributed by atoms with Crippen LogP contribution in [0, 0.1) is 11.7 Å². The second-order valence-corrected chi connectivity index (χ2v) is 6.48. The normalized spacial score (nSPS) is 21.5. The van der Waals surface area contributed by atoms with Crippen LogP contribution in [0.4, 0.5) is 4.39 Å². The van der Waals surface area contributed by atoms with Crippen LogP contribution < -0.4 is 5.32 Å². The third kappa shape index (κ3) is 3.74. The zero-order chi connectivity index (χ0) is 14.8. The molecule has 1 amide bonds. The van der Waals surface area contributed by atoms with Gasteiger partial charge in [-0.2, -0.15) is 0 Å². The van der Waals surface area contributed by atoms with Crippen LogP contribution in [0.25, 0.3) is 0 Å². The second kappa shape index (κ2) is 6.32. The van der Waals surface area contributed by atoms with E-state index in [0.717, 1.165) is 25.9 Å². The van der Waals surface area contributed by atoms with Gasteiger partial charge in [0.15, 0.2) is 0 Å². The van der Waals surface area contributed by atoms with Crippen LogP contribution in [0.2, 0.25) is 5.02 Å². The lowest BCUT2D eigenvalue weighted by atomic mass is 10.1. The molecule has 1 atom stereocenters. The highest BCUT2D eigenvalue weighted by atomic mass is 35.5. The summed E-state index contributed by atoms with van der Waals surface area (Å²) >= 11 is 5.69. The molecule has 0 spiro atoms. The van der Waals surface area contributed by atoms with E-state index < -0.39 is 5.82 Å². The number of benzene rings is 1. The molecule has 0 radical (unpaired) electrons. The lowest BCUT2D eigenvalue weighted by Crippen LogP contribution is -2.42. The smallest absolute Gasteiger partial charge is 0.254 e. The summed E-state index contributed by atoms with van der Waals surface area (Å²) in [6.07, 6.45) is 4.64. The maximum Gasteiger partial charge on any atom is 0.254 e. The van der Waals surface area contributed by atoms with Crippen LogP contribution in [-0.4, -0.2) is 36.5 Å². The fourth-order valence-corrected chi connectivity index (χ4v) is 2.96. The molecule has 1 aliphatic carbocycles. The molecule has 0 bridgehead atoms. The van der Waals surface area contributed by atoms with Crippen LogP contribution >= 0.6 is 11.6 Å². The summed E-state index contributed by atoms with van der Waals surface area (Å²) in [6.45, 7) is 2.51. The molecule has 1 saturated heterocycles. The van der Waals surface area contributed by atoms with Crippen molar-refractivity contribution in [3.05, 3.63) is 34.6 Å². The van der Waals surface area contributed by atoms with Crippen LogP contribution in [0.1, 0.15) is 36.0 Å². The third-order valence-electron chi connectivity index (χ3n) is 4.23. The second-order valence-electron chi connectivity index (χ2n) is 6.08. The molecule has 2 fully saturated rings. The third-order valence-corrected chi connectivity index (χ3v) is 4.54. The molecule has 1 saturated carbocycles. The molecule has 1 unspecified atom stereocenters. The largest absolute Gasteiger partial charge is 0.337 e. The van der Waals surface area contributed by atoms with Gasteiger partial charge in [-0.3, -0.25) is 4.79 Å². The van der Waals surface area contributed by atoms with Crippen molar-refractivity contribution in [1.82, 2.24) is 10.2 Å². The van der Waals surface area contributed by atoms with E-state index in [1.54, 1.807) is 6.07 Å². The summed E-state index contributed by atoms with van der Waals surface area (Å²) in [6, 6.07) is 4.67. The van der Waals surface area contributed by atoms with E-state index >= 15 is 0 Å². The van der Waals surface area contributed by atoms with Crippen LogP contribution in [0.15, 0.2) is 18.2 Å². The molecule has 1 N–H and O–H groups in total. The predicted molar refractivity (Wildman–Crippen MR) is 81.1 cm³/mol. The molecule has 3 rings (SSSR count). The number of carbonyl (C=O) groups is 1. The van der Waals surface area contributed by atoms with Gasteiger partial charge in [0, 0.05) is 24.7 Å². The minimum Gasteiger partial charge on any atom is -0.337 e. The highest BCUT2D eigenvalue weighted by Gasteiger charge is 2.29. The Balaban J connectivity index is 1.73. The molecule has 2 aliphatic rings. The molecule has 5 heteroatoms. The Labute approximate surface area is 129 Å². The van der Waals surface area contributed by atoms with Gasteiger partial charge in [-0.25, -0.2) is 4.39 Å². The Bertz CT molecular complexity index is 527. The first-order valence-corrected chi connectivity index (χ1v) is 7.99. The summed E-state index contributed by atoms with van der Waals surface area (Å²) in [5.41, 5.74) is 0.385. The molecule has 3 nitrogen and oxygen atoms in total. The molecule has 114 valence electrons. The Morgan fingerprint density at radius 3 is 2.76 bits per heavy atom. The van der Waals surface area contributed by atoms with E-state index in [4.69, 9.17) is 11.6 Å². The number of amides is 1. The topological polar surface area (TPSA) is 32.3 Å². The average Bonchev–Trinajstić information content (AvgIpc) is 3.14. The highest BCUT2D eigenvalue weighted by molar-refractivity contribution is 6.30. The minimum atomic E-state index is -0.534. The fraction of sp³-hybridized carbons (Fsp3) is 0.562. The number of halogens is 2. The van der Waals surface area contributed by atoms with Crippen LogP contribution in [0.5, 0.6) is 0 Å². The maximum absolute atomic E-state index is 13.6. The van der Waals surface area contributed by atoms with Gasteiger partial charge in [0.1, 0.15) is 5.82 Å². The monoisotopic (exact) mass is 310 g/mol. The van der Waals surface area contributed by atoms with E-state index in [0.29, 0.717) is 24.1 Å². The van der Waals surface area contributed by atoms with Crippen LogP contribution in [0.3, 0.4) is 0 Å². The predicted octanol–water partition coefficient (Wildman–Crippen LogP) is 3.08. The number of nitrogens with zero attached hydrogens (tertiary/aromatic N) is 1. The summed E-state index contributed by atoms with van der Waals surface area (Å²) in [5, 5.41) is 3.47. The van der Waals surface area contributed by atoms with Crippen molar-refractivity contribution in [3.63, 3.8) is 0 Å². The molecule has 1 aliphatic heterocycles. The van der Waals surface area contributed by atoms with Gasteiger partial charge in [-0.1, -0.05) is 11.6 Å². The summed E-state index contributed by atoms with van der Waals surface area (Å²) in [4.78, 5) is 14.5. The number of nitrogens with one attached hydrogen (secondary N) is 1. The molecule has 0 aromatic heterocycles. The SMILES string of the molecule is O=C(c1ccc(Cl)c(F)c1)N(CC1CC1)CC1CCCN1. The van der Waals surface area contributed by atoms with Gasteiger partial charge < -0.3 is 10.2 Å². The molecular weight excluding hydrogens is 291 g/mol. The van der Waals surface area contributed by atoms with E-state index in [2.05, 4.69) is 5.32 Å². The maximum atomic E-state index is 13.6. The van der Waals surface area contributed by atoms with Crippen molar-refractivity contribution in [1.29, 1.82) is 0 Å². The quantitative estimate of drug-likeness (QED) is 0.906. The van der Waals surface area contributed by atoms with Gasteiger partial charge >= 0.3 is 0 Å². The lowest BCUT2D eigenvalue weighted by molar-refractivity contribution is 0.0733. The van der Waals surface area contributed by atoms with E-state index in [1.165, 1.54) is 25.0 Å². The van der Waals surface area contributed by atoms with E-state index in [9.17, 15) is 9.18 Å². The van der Waals surface area contributed by atoms with Crippen molar-refractivity contribution in [2.45, 2.75) is 31.7 Å². The van der Waals surface area contributed by atoms with E-state index in [1.807, 2.05) is 4.90 Å². The first kappa shape index (κ1) is 14.8. The Hall–Kier alpha value is -1.13. The van der Waals surface area contributed by atoms with Crippen molar-refractivity contribution in [2.75, 3.05) is 19.6 Å². The summed E-state index contributed by atoms with van der Waals surface area (Å²) in [7, 11) is 0. The van der Waals surface area contributed by atoms with Gasteiger partial charge in [0.2, 0.25) is 0 Å². The fourth-order valence-electron chi connectivity index (χ4n) is 2.84. The number of hydrogen-bond acceptors (Lipinski definition) is 2. The standard InChI is InChI=1S/C16H20ClFN2O/c17-14-6-5-12(8-15(14)18)16(21)20(9-11-3-4-11)10-13-2-1-7-19-13/h5-6,8,11,13,19H,1-4,7,9-10H2. The summed E-state index contributed by atoms with van der Waals surface area (Å²) in [5.74, 6) is -0.00783. The first-order valence-electron chi connectivity index (χ1n) is 7.61. The Morgan fingerprint density at radius 1 is 1.33 bits per heavy atom. The first-order chi connectivity index (χ1) is 10.1. The molecule has 1 aromatic carbocycles. The minimum absolute atomic E-state index is 0.0535. The van der Waals surface area contributed by atoms with E-state index in [-0.39, 0.29) is 10.9 Å². The van der Waals surface area contributed by atoms with Gasteiger partial charge in [-0.05, 0) is 56.3 Å². The average molecular weight is 311 g/mol. The van der Waals surface area contributed by atoms with Gasteiger partial charge in [0.05, 0.1) is 5.02 Å². The molecule has 1 heterocycles. The Morgan fingerprint density at radius 2 is 2.14 bits per heavy atom. The number of rotatable bonds is 5. The molecular formula is C16H20ClFN2O. The summed E-state index contributed by atoms with van der Waals surface area (Å²) < 4.78 is 13.6. The van der Waals surface area contributed by atoms with Crippen molar-refractivity contribution < 1.29 is 9.18 Å². The molecule has 21 heavy (non-hydrogen) atoms. The van der Waals surface area contributed by atoms with Crippen molar-refractivity contribution in [2.24, 2.45) is 5.92 Å². The van der Waals surface area contributed by atoms with Gasteiger partial charge in [-0.15, -0.1) is 0 Å². The molecule has 1 aromatic rings. The highest BCUT2D eigenvalue weighted by Crippen LogP contribution is 2.30. The Kier molecular flexibility index (Phi) is 4.45. The van der Waals surface area contributed by atoms with Crippen LogP contribution in [-0.2, 0) is 0 Å². The van der Waals surface area contributed by atoms with Crippen molar-refractivity contribution >= 4 is 17.5 Å². The number of hydrogen-bond donors (Lipinski definition) is 1. The zero-order valence-corrected chi connectivity index (χ0v) is 12.7. The lowest BCUT2D eigenvalue weighted by Gasteiger charge is -2.26. The van der Waals surface area contributed by atoms with Crippen molar-refractivity contribution in [3.8, 4) is 0 Å². The van der Waals surface area contributed by atoms with Gasteiger partial charge in [0.25, 0.3) is 5.91 Å². The zero-order valence-electron chi connectivity index (χ0n) is 11.9. The number of carbonyl (C=O) groups excluding carboxylic acids is 1.